The van der Waals surface area contributed by atoms with Crippen LogP contribution in [0.3, 0.4) is 0 Å². The van der Waals surface area contributed by atoms with E-state index in [0.29, 0.717) is 28.9 Å². The summed E-state index contributed by atoms with van der Waals surface area (Å²) in [5, 5.41) is 0.431. The fourth-order valence-electron chi connectivity index (χ4n) is 2.78. The maximum Gasteiger partial charge on any atom is 0.281 e. The highest BCUT2D eigenvalue weighted by Crippen LogP contribution is 2.30. The third-order valence-corrected chi connectivity index (χ3v) is 4.56. The van der Waals surface area contributed by atoms with Crippen molar-refractivity contribution in [1.82, 2.24) is 4.90 Å². The second-order valence-corrected chi connectivity index (χ2v) is 6.05. The van der Waals surface area contributed by atoms with Crippen molar-refractivity contribution in [2.45, 2.75) is 6.92 Å². The first-order valence-corrected chi connectivity index (χ1v) is 8.67. The standard InChI is InChI=1S/C20H20N2O3S/c1-4-25-16-11-9-15(10-12-16)22-19(23)17(21(2)20(22)26)13-14-7-5-6-8-18(14)24-3/h5-13H,4H2,1-3H3/b17-13+. The fraction of sp³-hybridized carbons (Fsp3) is 0.200. The Morgan fingerprint density at radius 3 is 2.46 bits per heavy atom. The summed E-state index contributed by atoms with van der Waals surface area (Å²) in [4.78, 5) is 16.2. The zero-order chi connectivity index (χ0) is 18.7. The summed E-state index contributed by atoms with van der Waals surface area (Å²) in [6.45, 7) is 2.52. The molecule has 0 N–H and O–H groups in total. The van der Waals surface area contributed by atoms with Gasteiger partial charge in [0.25, 0.3) is 5.91 Å². The zero-order valence-corrected chi connectivity index (χ0v) is 15.7. The molecule has 1 aliphatic rings. The molecule has 1 saturated heterocycles. The van der Waals surface area contributed by atoms with Crippen LogP contribution < -0.4 is 14.4 Å². The number of anilines is 1. The molecule has 1 aliphatic heterocycles. The number of benzene rings is 2. The van der Waals surface area contributed by atoms with Crippen LogP contribution in [0.4, 0.5) is 5.69 Å². The zero-order valence-electron chi connectivity index (χ0n) is 14.9. The van der Waals surface area contributed by atoms with Crippen molar-refractivity contribution in [2.24, 2.45) is 0 Å². The number of para-hydroxylation sites is 1. The highest BCUT2D eigenvalue weighted by atomic mass is 32.1. The van der Waals surface area contributed by atoms with Gasteiger partial charge in [-0.1, -0.05) is 18.2 Å². The van der Waals surface area contributed by atoms with Crippen LogP contribution >= 0.6 is 12.2 Å². The Morgan fingerprint density at radius 1 is 1.12 bits per heavy atom. The van der Waals surface area contributed by atoms with E-state index >= 15 is 0 Å². The van der Waals surface area contributed by atoms with Gasteiger partial charge in [-0.3, -0.25) is 9.69 Å². The number of rotatable bonds is 5. The maximum atomic E-state index is 13.0. The van der Waals surface area contributed by atoms with Crippen molar-refractivity contribution < 1.29 is 14.3 Å². The van der Waals surface area contributed by atoms with Gasteiger partial charge in [0.2, 0.25) is 0 Å². The molecule has 1 heterocycles. The van der Waals surface area contributed by atoms with Gasteiger partial charge in [-0.2, -0.15) is 0 Å². The van der Waals surface area contributed by atoms with Crippen LogP contribution in [0.5, 0.6) is 11.5 Å². The summed E-state index contributed by atoms with van der Waals surface area (Å²) in [5.74, 6) is 1.28. The normalized spacial score (nSPS) is 15.7. The summed E-state index contributed by atoms with van der Waals surface area (Å²) in [6.07, 6.45) is 1.79. The molecule has 0 unspecified atom stereocenters. The highest BCUT2D eigenvalue weighted by Gasteiger charge is 2.36. The highest BCUT2D eigenvalue weighted by molar-refractivity contribution is 7.80. The van der Waals surface area contributed by atoms with Crippen LogP contribution in [0.2, 0.25) is 0 Å². The van der Waals surface area contributed by atoms with Crippen LogP contribution in [0.1, 0.15) is 12.5 Å². The number of hydrogen-bond donors (Lipinski definition) is 0. The summed E-state index contributed by atoms with van der Waals surface area (Å²) in [6, 6.07) is 14.9. The molecule has 0 radical (unpaired) electrons. The lowest BCUT2D eigenvalue weighted by Crippen LogP contribution is -2.31. The number of methoxy groups -OCH3 is 1. The third-order valence-electron chi connectivity index (χ3n) is 4.10. The van der Waals surface area contributed by atoms with E-state index in [1.807, 2.05) is 55.5 Å². The molecule has 0 bridgehead atoms. The van der Waals surface area contributed by atoms with Crippen LogP contribution in [0, 0.1) is 0 Å². The number of ether oxygens (including phenoxy) is 2. The Hall–Kier alpha value is -2.86. The molecule has 0 aromatic heterocycles. The largest absolute Gasteiger partial charge is 0.496 e. The van der Waals surface area contributed by atoms with Crippen molar-refractivity contribution in [3.8, 4) is 11.5 Å². The lowest BCUT2D eigenvalue weighted by molar-refractivity contribution is -0.114. The molecule has 0 atom stereocenters. The van der Waals surface area contributed by atoms with Gasteiger partial charge in [-0.25, -0.2) is 0 Å². The van der Waals surface area contributed by atoms with Gasteiger partial charge in [0.1, 0.15) is 17.2 Å². The van der Waals surface area contributed by atoms with Crippen molar-refractivity contribution in [3.05, 3.63) is 59.8 Å². The Labute approximate surface area is 158 Å². The average Bonchev–Trinajstić information content (AvgIpc) is 2.87. The first-order chi connectivity index (χ1) is 12.6. The number of carbonyl (C=O) groups excluding carboxylic acids is 1. The lowest BCUT2D eigenvalue weighted by atomic mass is 10.1. The number of carbonyl (C=O) groups is 1. The monoisotopic (exact) mass is 368 g/mol. The number of thiocarbonyl (C=S) groups is 1. The third kappa shape index (κ3) is 3.28. The predicted octanol–water partition coefficient (Wildman–Crippen LogP) is 3.70. The Bertz CT molecular complexity index is 862. The smallest absolute Gasteiger partial charge is 0.281 e. The van der Waals surface area contributed by atoms with Crippen molar-refractivity contribution in [1.29, 1.82) is 0 Å². The van der Waals surface area contributed by atoms with Gasteiger partial charge in [-0.15, -0.1) is 0 Å². The van der Waals surface area contributed by atoms with Gasteiger partial charge in [0.15, 0.2) is 5.11 Å². The van der Waals surface area contributed by atoms with Gasteiger partial charge in [-0.05, 0) is 55.5 Å². The number of nitrogens with zero attached hydrogens (tertiary/aromatic N) is 2. The lowest BCUT2D eigenvalue weighted by Gasteiger charge is -2.16. The van der Waals surface area contributed by atoms with Crippen LogP contribution in [0.15, 0.2) is 54.2 Å². The minimum Gasteiger partial charge on any atom is -0.496 e. The Kier molecular flexibility index (Phi) is 5.23. The molecule has 0 saturated carbocycles. The van der Waals surface area contributed by atoms with Crippen molar-refractivity contribution in [3.63, 3.8) is 0 Å². The van der Waals surface area contributed by atoms with E-state index in [-0.39, 0.29) is 5.91 Å². The van der Waals surface area contributed by atoms with E-state index < -0.39 is 0 Å². The number of amides is 1. The Balaban J connectivity index is 1.95. The van der Waals surface area contributed by atoms with E-state index in [1.54, 1.807) is 25.1 Å². The first-order valence-electron chi connectivity index (χ1n) is 8.26. The molecule has 2 aromatic carbocycles. The van der Waals surface area contributed by atoms with E-state index in [9.17, 15) is 4.79 Å². The molecule has 0 aliphatic carbocycles. The SMILES string of the molecule is CCOc1ccc(N2C(=O)/C(=C\c3ccccc3OC)N(C)C2=S)cc1. The van der Waals surface area contributed by atoms with Crippen molar-refractivity contribution in [2.75, 3.05) is 25.7 Å². The van der Waals surface area contributed by atoms with Crippen LogP contribution in [-0.2, 0) is 4.79 Å². The maximum absolute atomic E-state index is 13.0. The molecule has 134 valence electrons. The molecule has 1 fully saturated rings. The second-order valence-electron chi connectivity index (χ2n) is 5.68. The molecular formula is C20H20N2O3S. The summed E-state index contributed by atoms with van der Waals surface area (Å²) in [7, 11) is 3.39. The van der Waals surface area contributed by atoms with E-state index in [2.05, 4.69) is 0 Å². The first kappa shape index (κ1) is 17.9. The molecule has 3 rings (SSSR count). The summed E-state index contributed by atoms with van der Waals surface area (Å²) < 4.78 is 10.8. The quantitative estimate of drug-likeness (QED) is 0.595. The number of likely N-dealkylation sites (N-methyl/N-ethyl adjacent to an activating group) is 1. The molecule has 1 amide bonds. The minimum atomic E-state index is -0.174. The van der Waals surface area contributed by atoms with E-state index in [1.165, 1.54) is 4.90 Å². The minimum absolute atomic E-state index is 0.174. The van der Waals surface area contributed by atoms with Crippen molar-refractivity contribution >= 4 is 35.0 Å². The van der Waals surface area contributed by atoms with Gasteiger partial charge >= 0.3 is 0 Å². The van der Waals surface area contributed by atoms with Gasteiger partial charge < -0.3 is 14.4 Å². The average molecular weight is 368 g/mol. The molecule has 2 aromatic rings. The van der Waals surface area contributed by atoms with Gasteiger partial charge in [0.05, 0.1) is 19.4 Å². The van der Waals surface area contributed by atoms with E-state index in [0.717, 1.165) is 11.3 Å². The van der Waals surface area contributed by atoms with E-state index in [4.69, 9.17) is 21.7 Å². The van der Waals surface area contributed by atoms with Gasteiger partial charge in [0, 0.05) is 12.6 Å². The molecule has 26 heavy (non-hydrogen) atoms. The molecule has 5 nitrogen and oxygen atoms in total. The Morgan fingerprint density at radius 2 is 1.81 bits per heavy atom. The molecule has 0 spiro atoms. The second kappa shape index (κ2) is 7.58. The molecule has 6 heteroatoms. The fourth-order valence-corrected chi connectivity index (χ4v) is 3.06. The molecular weight excluding hydrogens is 348 g/mol. The van der Waals surface area contributed by atoms with Crippen LogP contribution in [0.25, 0.3) is 6.08 Å². The summed E-state index contributed by atoms with van der Waals surface area (Å²) >= 11 is 5.49. The predicted molar refractivity (Wildman–Crippen MR) is 106 cm³/mol. The number of hydrogen-bond acceptors (Lipinski definition) is 4. The van der Waals surface area contributed by atoms with Crippen LogP contribution in [-0.4, -0.2) is 36.7 Å². The summed E-state index contributed by atoms with van der Waals surface area (Å²) in [5.41, 5.74) is 2.02. The topological polar surface area (TPSA) is 42.0 Å².